The van der Waals surface area contributed by atoms with Crippen LogP contribution in [-0.4, -0.2) is 62.1 Å². The summed E-state index contributed by atoms with van der Waals surface area (Å²) in [6.07, 6.45) is 0. The van der Waals surface area contributed by atoms with E-state index in [2.05, 4.69) is 0 Å². The zero-order chi connectivity index (χ0) is 24.2. The summed E-state index contributed by atoms with van der Waals surface area (Å²) in [6, 6.07) is 11.3. The Balaban J connectivity index is 1.23. The number of carbonyl (C=O) groups excluding carboxylic acids is 4. The quantitative estimate of drug-likeness (QED) is 0.209. The first-order valence-electron chi connectivity index (χ1n) is 10.5. The number of carbonyl (C=O) groups is 4. The van der Waals surface area contributed by atoms with Gasteiger partial charge in [-0.25, -0.2) is 0 Å². The second-order valence-corrected chi connectivity index (χ2v) is 9.80. The molecule has 0 saturated carbocycles. The first kappa shape index (κ1) is 22.1. The highest BCUT2D eigenvalue weighted by molar-refractivity contribution is 8.00. The van der Waals surface area contributed by atoms with E-state index < -0.39 is 39.5 Å². The minimum atomic E-state index is -0.968. The number of thioether (sulfide) groups is 1. The van der Waals surface area contributed by atoms with Gasteiger partial charge in [0, 0.05) is 24.4 Å². The molecular weight excluding hydrogens is 462 g/mol. The average molecular weight is 481 g/mol. The minimum Gasteiger partial charge on any atom is -0.460 e. The maximum Gasteiger partial charge on any atom is 0.314 e. The number of hydrogen-bond donors (Lipinski definition) is 0. The summed E-state index contributed by atoms with van der Waals surface area (Å²) < 4.78 is 5.44. The Kier molecular flexibility index (Phi) is 5.16. The van der Waals surface area contributed by atoms with Crippen molar-refractivity contribution in [3.8, 4) is 0 Å². The zero-order valence-electron chi connectivity index (χ0n) is 18.0. The van der Waals surface area contributed by atoms with Crippen LogP contribution in [0.25, 0.3) is 0 Å². The van der Waals surface area contributed by atoms with Crippen molar-refractivity contribution in [3.05, 3.63) is 75.3 Å². The number of non-ortho nitro benzene ring substituents is 1. The van der Waals surface area contributed by atoms with Gasteiger partial charge in [-0.15, -0.1) is 11.8 Å². The first-order valence-corrected chi connectivity index (χ1v) is 11.6. The molecule has 174 valence electrons. The molecule has 2 saturated heterocycles. The van der Waals surface area contributed by atoms with Gasteiger partial charge in [-0.05, 0) is 36.8 Å². The van der Waals surface area contributed by atoms with Gasteiger partial charge in [0.2, 0.25) is 5.91 Å². The summed E-state index contributed by atoms with van der Waals surface area (Å²) in [4.78, 5) is 64.2. The Labute approximate surface area is 198 Å². The van der Waals surface area contributed by atoms with Crippen molar-refractivity contribution in [2.75, 3.05) is 12.3 Å². The van der Waals surface area contributed by atoms with Crippen molar-refractivity contribution in [2.24, 2.45) is 5.41 Å². The number of β-lactam (4-membered cyclic amide) rings is 1. The second-order valence-electron chi connectivity index (χ2n) is 8.70. The summed E-state index contributed by atoms with van der Waals surface area (Å²) >= 11 is 1.34. The van der Waals surface area contributed by atoms with Gasteiger partial charge in [0.25, 0.3) is 17.5 Å². The minimum absolute atomic E-state index is 0.0495. The molecule has 3 aliphatic heterocycles. The van der Waals surface area contributed by atoms with Crippen LogP contribution in [0, 0.1) is 15.5 Å². The molecule has 3 amide bonds. The highest BCUT2D eigenvalue weighted by Gasteiger charge is 2.60. The van der Waals surface area contributed by atoms with Crippen LogP contribution >= 0.6 is 11.8 Å². The molecule has 11 heteroatoms. The number of nitro benzene ring substituents is 1. The van der Waals surface area contributed by atoms with E-state index in [1.165, 1.54) is 40.9 Å². The number of ether oxygens (including phenoxy) is 1. The number of hydrogen-bond acceptors (Lipinski definition) is 8. The van der Waals surface area contributed by atoms with E-state index in [0.717, 1.165) is 4.90 Å². The molecule has 3 aliphatic rings. The van der Waals surface area contributed by atoms with Crippen LogP contribution in [0.15, 0.2) is 48.5 Å². The van der Waals surface area contributed by atoms with Crippen molar-refractivity contribution in [2.45, 2.75) is 24.9 Å². The van der Waals surface area contributed by atoms with E-state index in [1.807, 2.05) is 0 Å². The normalized spacial score (nSPS) is 25.5. The van der Waals surface area contributed by atoms with Gasteiger partial charge in [-0.2, -0.15) is 0 Å². The van der Waals surface area contributed by atoms with E-state index in [-0.39, 0.29) is 24.7 Å². The Bertz CT molecular complexity index is 1210. The number of rotatable bonds is 5. The van der Waals surface area contributed by atoms with Crippen LogP contribution in [0.3, 0.4) is 0 Å². The summed E-state index contributed by atoms with van der Waals surface area (Å²) in [6.45, 7) is 1.77. The lowest BCUT2D eigenvalue weighted by atomic mass is 9.89. The molecule has 5 rings (SSSR count). The molecule has 0 radical (unpaired) electrons. The number of amides is 3. The SMILES string of the molecule is CC1(C(=O)OCc2ccc([N+](=O)[O-])cc2)CS[C@@H]2C(N3C(=O)c4ccccc4C3=O)C(=O)N2C1. The lowest BCUT2D eigenvalue weighted by Crippen LogP contribution is -2.74. The monoisotopic (exact) mass is 481 g/mol. The zero-order valence-corrected chi connectivity index (χ0v) is 18.8. The Morgan fingerprint density at radius 3 is 2.32 bits per heavy atom. The molecule has 2 unspecified atom stereocenters. The Hall–Kier alpha value is -3.73. The van der Waals surface area contributed by atoms with Crippen LogP contribution in [-0.2, 0) is 20.9 Å². The van der Waals surface area contributed by atoms with Crippen LogP contribution in [0.1, 0.15) is 33.2 Å². The molecule has 3 atom stereocenters. The number of imide groups is 1. The van der Waals surface area contributed by atoms with Gasteiger partial charge in [0.15, 0.2) is 0 Å². The summed E-state index contributed by atoms with van der Waals surface area (Å²) in [5.41, 5.74) is 0.165. The topological polar surface area (TPSA) is 127 Å². The van der Waals surface area contributed by atoms with Gasteiger partial charge in [0.05, 0.1) is 21.5 Å². The van der Waals surface area contributed by atoms with Gasteiger partial charge >= 0.3 is 5.97 Å². The van der Waals surface area contributed by atoms with Crippen molar-refractivity contribution in [3.63, 3.8) is 0 Å². The summed E-state index contributed by atoms with van der Waals surface area (Å²) in [7, 11) is 0. The third kappa shape index (κ3) is 3.35. The highest BCUT2D eigenvalue weighted by Crippen LogP contribution is 2.45. The number of fused-ring (bicyclic) bond motifs is 2. The van der Waals surface area contributed by atoms with Crippen molar-refractivity contribution in [1.82, 2.24) is 9.80 Å². The molecule has 2 aromatic rings. The van der Waals surface area contributed by atoms with Crippen LogP contribution < -0.4 is 0 Å². The molecule has 10 nitrogen and oxygen atoms in total. The fourth-order valence-electron chi connectivity index (χ4n) is 4.40. The number of nitrogens with zero attached hydrogens (tertiary/aromatic N) is 3. The number of esters is 1. The third-order valence-electron chi connectivity index (χ3n) is 6.32. The van der Waals surface area contributed by atoms with E-state index in [0.29, 0.717) is 22.4 Å². The van der Waals surface area contributed by atoms with Crippen LogP contribution in [0.5, 0.6) is 0 Å². The van der Waals surface area contributed by atoms with Gasteiger partial charge in [0.1, 0.15) is 18.0 Å². The molecule has 2 fully saturated rings. The molecule has 3 heterocycles. The number of nitro groups is 1. The van der Waals surface area contributed by atoms with Gasteiger partial charge in [-0.3, -0.25) is 34.2 Å². The van der Waals surface area contributed by atoms with E-state index in [9.17, 15) is 29.3 Å². The summed E-state index contributed by atoms with van der Waals surface area (Å²) in [5, 5.41) is 10.4. The van der Waals surface area contributed by atoms with E-state index in [4.69, 9.17) is 4.74 Å². The Morgan fingerprint density at radius 1 is 1.12 bits per heavy atom. The molecule has 0 aromatic heterocycles. The Morgan fingerprint density at radius 2 is 1.74 bits per heavy atom. The fourth-order valence-corrected chi connectivity index (χ4v) is 5.93. The predicted molar refractivity (Wildman–Crippen MR) is 120 cm³/mol. The van der Waals surface area contributed by atoms with Crippen molar-refractivity contribution < 1.29 is 28.8 Å². The molecule has 0 spiro atoms. The smallest absolute Gasteiger partial charge is 0.314 e. The van der Waals surface area contributed by atoms with E-state index in [1.54, 1.807) is 31.2 Å². The third-order valence-corrected chi connectivity index (χ3v) is 7.98. The standard InChI is InChI=1S/C23H19N3O7S/c1-23(22(30)33-10-13-6-8-14(9-7-13)26(31)32)11-24-20(29)17(21(24)34-12-23)25-18(27)15-4-2-3-5-16(15)19(25)28/h2-9,17,21H,10-12H2,1H3/t17?,21-,23?/m1/s1. The number of benzene rings is 2. The molecule has 0 N–H and O–H groups in total. The molecule has 34 heavy (non-hydrogen) atoms. The van der Waals surface area contributed by atoms with Crippen LogP contribution in [0.4, 0.5) is 5.69 Å². The maximum atomic E-state index is 13.0. The first-order chi connectivity index (χ1) is 16.2. The molecule has 0 bridgehead atoms. The lowest BCUT2D eigenvalue weighted by molar-refractivity contribution is -0.384. The average Bonchev–Trinajstić information content (AvgIpc) is 3.08. The lowest BCUT2D eigenvalue weighted by Gasteiger charge is -2.54. The van der Waals surface area contributed by atoms with Gasteiger partial charge < -0.3 is 9.64 Å². The van der Waals surface area contributed by atoms with Crippen molar-refractivity contribution >= 4 is 41.1 Å². The van der Waals surface area contributed by atoms with Crippen molar-refractivity contribution in [1.29, 1.82) is 0 Å². The fraction of sp³-hybridized carbons (Fsp3) is 0.304. The maximum absolute atomic E-state index is 13.0. The van der Waals surface area contributed by atoms with Gasteiger partial charge in [-0.1, -0.05) is 12.1 Å². The molecular formula is C23H19N3O7S. The van der Waals surface area contributed by atoms with E-state index >= 15 is 0 Å². The second kappa shape index (κ2) is 7.94. The largest absolute Gasteiger partial charge is 0.460 e. The highest BCUT2D eigenvalue weighted by atomic mass is 32.2. The molecule has 2 aromatic carbocycles. The predicted octanol–water partition coefficient (Wildman–Crippen LogP) is 2.22. The summed E-state index contributed by atoms with van der Waals surface area (Å²) in [5.74, 6) is -1.47. The molecule has 0 aliphatic carbocycles. The van der Waals surface area contributed by atoms with Crippen LogP contribution in [0.2, 0.25) is 0 Å².